The summed E-state index contributed by atoms with van der Waals surface area (Å²) in [5.41, 5.74) is 8.09. The summed E-state index contributed by atoms with van der Waals surface area (Å²) < 4.78 is 6.24. The highest BCUT2D eigenvalue weighted by Gasteiger charge is 2.22. The standard InChI is InChI=1S/C17H21BrN2O/c1-17(12-19,20-15-5-3-4-14(18)10-15)11-13-6-8-16(21-2)9-7-13/h3-10,20H,11-12,19H2,1-2H3. The lowest BCUT2D eigenvalue weighted by atomic mass is 9.92. The van der Waals surface area contributed by atoms with Gasteiger partial charge in [0.05, 0.1) is 12.6 Å². The molecule has 1 atom stereocenters. The van der Waals surface area contributed by atoms with E-state index in [1.807, 2.05) is 30.3 Å². The number of rotatable bonds is 6. The number of hydrogen-bond donors (Lipinski definition) is 2. The molecule has 0 bridgehead atoms. The first kappa shape index (κ1) is 15.9. The van der Waals surface area contributed by atoms with Crippen LogP contribution < -0.4 is 15.8 Å². The molecule has 2 aromatic carbocycles. The number of benzene rings is 2. The van der Waals surface area contributed by atoms with Gasteiger partial charge in [-0.3, -0.25) is 0 Å². The van der Waals surface area contributed by atoms with Crippen molar-refractivity contribution in [3.63, 3.8) is 0 Å². The lowest BCUT2D eigenvalue weighted by molar-refractivity contribution is 0.414. The Morgan fingerprint density at radius 2 is 1.90 bits per heavy atom. The van der Waals surface area contributed by atoms with Crippen LogP contribution in [-0.4, -0.2) is 19.2 Å². The normalized spacial score (nSPS) is 13.5. The van der Waals surface area contributed by atoms with E-state index in [4.69, 9.17) is 10.5 Å². The molecule has 0 saturated carbocycles. The molecule has 0 aliphatic rings. The summed E-state index contributed by atoms with van der Waals surface area (Å²) in [5, 5.41) is 3.54. The molecule has 2 rings (SSSR count). The molecular formula is C17H21BrN2O. The van der Waals surface area contributed by atoms with Gasteiger partial charge in [-0.05, 0) is 49.2 Å². The number of ether oxygens (including phenoxy) is 1. The molecule has 2 aromatic rings. The molecule has 112 valence electrons. The number of hydrogen-bond acceptors (Lipinski definition) is 3. The van der Waals surface area contributed by atoms with Crippen LogP contribution in [0.4, 0.5) is 5.69 Å². The van der Waals surface area contributed by atoms with Crippen LogP contribution in [0.3, 0.4) is 0 Å². The second-order valence-electron chi connectivity index (χ2n) is 5.42. The van der Waals surface area contributed by atoms with Gasteiger partial charge in [-0.1, -0.05) is 34.1 Å². The molecule has 0 spiro atoms. The van der Waals surface area contributed by atoms with Crippen molar-refractivity contribution in [1.82, 2.24) is 0 Å². The van der Waals surface area contributed by atoms with E-state index in [9.17, 15) is 0 Å². The van der Waals surface area contributed by atoms with Crippen LogP contribution in [0.25, 0.3) is 0 Å². The van der Waals surface area contributed by atoms with Crippen LogP contribution >= 0.6 is 15.9 Å². The molecule has 21 heavy (non-hydrogen) atoms. The predicted molar refractivity (Wildman–Crippen MR) is 91.9 cm³/mol. The Labute approximate surface area is 134 Å². The molecule has 3 N–H and O–H groups in total. The summed E-state index contributed by atoms with van der Waals surface area (Å²) in [6.07, 6.45) is 0.847. The second kappa shape index (κ2) is 6.96. The van der Waals surface area contributed by atoms with E-state index in [1.165, 1.54) is 5.56 Å². The molecule has 0 aliphatic carbocycles. The van der Waals surface area contributed by atoms with Crippen LogP contribution in [0.2, 0.25) is 0 Å². The topological polar surface area (TPSA) is 47.3 Å². The fraction of sp³-hybridized carbons (Fsp3) is 0.294. The average Bonchev–Trinajstić information content (AvgIpc) is 2.48. The highest BCUT2D eigenvalue weighted by atomic mass is 79.9. The minimum Gasteiger partial charge on any atom is -0.497 e. The SMILES string of the molecule is COc1ccc(CC(C)(CN)Nc2cccc(Br)c2)cc1. The van der Waals surface area contributed by atoms with E-state index < -0.39 is 0 Å². The Balaban J connectivity index is 2.12. The van der Waals surface area contributed by atoms with Gasteiger partial charge in [0, 0.05) is 16.7 Å². The third kappa shape index (κ3) is 4.48. The highest BCUT2D eigenvalue weighted by Crippen LogP contribution is 2.23. The minimum atomic E-state index is -0.199. The van der Waals surface area contributed by atoms with Crippen molar-refractivity contribution in [2.24, 2.45) is 5.73 Å². The monoisotopic (exact) mass is 348 g/mol. The van der Waals surface area contributed by atoms with Crippen molar-refractivity contribution in [1.29, 1.82) is 0 Å². The van der Waals surface area contributed by atoms with Gasteiger partial charge in [-0.2, -0.15) is 0 Å². The molecule has 0 fully saturated rings. The van der Waals surface area contributed by atoms with Crippen LogP contribution in [0.5, 0.6) is 5.75 Å². The summed E-state index contributed by atoms with van der Waals surface area (Å²) in [4.78, 5) is 0. The first-order chi connectivity index (χ1) is 10.0. The average molecular weight is 349 g/mol. The fourth-order valence-corrected chi connectivity index (χ4v) is 2.68. The van der Waals surface area contributed by atoms with Gasteiger partial charge in [0.2, 0.25) is 0 Å². The zero-order valence-electron chi connectivity index (χ0n) is 12.4. The number of nitrogens with one attached hydrogen (secondary N) is 1. The molecule has 3 nitrogen and oxygen atoms in total. The molecule has 0 amide bonds. The van der Waals surface area contributed by atoms with E-state index in [-0.39, 0.29) is 5.54 Å². The smallest absolute Gasteiger partial charge is 0.118 e. The molecule has 4 heteroatoms. The van der Waals surface area contributed by atoms with E-state index in [2.05, 4.69) is 46.4 Å². The highest BCUT2D eigenvalue weighted by molar-refractivity contribution is 9.10. The Morgan fingerprint density at radius 1 is 1.19 bits per heavy atom. The molecule has 0 saturated heterocycles. The van der Waals surface area contributed by atoms with Gasteiger partial charge in [0.1, 0.15) is 5.75 Å². The van der Waals surface area contributed by atoms with Crippen molar-refractivity contribution in [3.05, 3.63) is 58.6 Å². The van der Waals surface area contributed by atoms with Crippen molar-refractivity contribution in [2.45, 2.75) is 18.9 Å². The Kier molecular flexibility index (Phi) is 5.26. The van der Waals surface area contributed by atoms with E-state index in [0.717, 1.165) is 22.3 Å². The van der Waals surface area contributed by atoms with Crippen molar-refractivity contribution in [2.75, 3.05) is 19.0 Å². The molecule has 1 unspecified atom stereocenters. The van der Waals surface area contributed by atoms with Crippen molar-refractivity contribution in [3.8, 4) is 5.75 Å². The number of halogens is 1. The van der Waals surface area contributed by atoms with Gasteiger partial charge >= 0.3 is 0 Å². The summed E-state index contributed by atoms with van der Waals surface area (Å²) in [6.45, 7) is 2.68. The van der Waals surface area contributed by atoms with E-state index in [1.54, 1.807) is 7.11 Å². The summed E-state index contributed by atoms with van der Waals surface area (Å²) in [5.74, 6) is 0.869. The Hall–Kier alpha value is -1.52. The first-order valence-electron chi connectivity index (χ1n) is 6.91. The quantitative estimate of drug-likeness (QED) is 0.833. The van der Waals surface area contributed by atoms with Gasteiger partial charge in [0.25, 0.3) is 0 Å². The maximum Gasteiger partial charge on any atom is 0.118 e. The van der Waals surface area contributed by atoms with Gasteiger partial charge < -0.3 is 15.8 Å². The fourth-order valence-electron chi connectivity index (χ4n) is 2.28. The summed E-state index contributed by atoms with van der Waals surface area (Å²) in [6, 6.07) is 16.2. The number of nitrogens with two attached hydrogens (primary N) is 1. The van der Waals surface area contributed by atoms with Crippen molar-refractivity contribution >= 4 is 21.6 Å². The molecular weight excluding hydrogens is 328 g/mol. The van der Waals surface area contributed by atoms with Crippen LogP contribution in [-0.2, 0) is 6.42 Å². The third-order valence-corrected chi connectivity index (χ3v) is 3.97. The lowest BCUT2D eigenvalue weighted by Crippen LogP contribution is -2.44. The molecule has 0 aliphatic heterocycles. The maximum absolute atomic E-state index is 6.00. The minimum absolute atomic E-state index is 0.199. The predicted octanol–water partition coefficient (Wildman–Crippen LogP) is 3.83. The van der Waals surface area contributed by atoms with E-state index >= 15 is 0 Å². The second-order valence-corrected chi connectivity index (χ2v) is 6.34. The zero-order valence-corrected chi connectivity index (χ0v) is 14.0. The lowest BCUT2D eigenvalue weighted by Gasteiger charge is -2.31. The third-order valence-electron chi connectivity index (χ3n) is 3.47. The zero-order chi connectivity index (χ0) is 15.3. The van der Waals surface area contributed by atoms with Crippen LogP contribution in [0, 0.1) is 0 Å². The van der Waals surface area contributed by atoms with Gasteiger partial charge in [-0.15, -0.1) is 0 Å². The van der Waals surface area contributed by atoms with E-state index in [0.29, 0.717) is 6.54 Å². The first-order valence-corrected chi connectivity index (χ1v) is 7.71. The van der Waals surface area contributed by atoms with Crippen molar-refractivity contribution < 1.29 is 4.74 Å². The number of methoxy groups -OCH3 is 1. The maximum atomic E-state index is 6.00. The number of anilines is 1. The molecule has 0 aromatic heterocycles. The molecule has 0 radical (unpaired) electrons. The Morgan fingerprint density at radius 3 is 2.48 bits per heavy atom. The Bertz CT molecular complexity index is 586. The largest absolute Gasteiger partial charge is 0.497 e. The van der Waals surface area contributed by atoms with Gasteiger partial charge in [0.15, 0.2) is 0 Å². The summed E-state index contributed by atoms with van der Waals surface area (Å²) >= 11 is 3.49. The molecule has 0 heterocycles. The van der Waals surface area contributed by atoms with Crippen LogP contribution in [0.15, 0.2) is 53.0 Å². The summed E-state index contributed by atoms with van der Waals surface area (Å²) in [7, 11) is 1.67. The van der Waals surface area contributed by atoms with Gasteiger partial charge in [-0.25, -0.2) is 0 Å². The van der Waals surface area contributed by atoms with Crippen LogP contribution in [0.1, 0.15) is 12.5 Å².